The highest BCUT2D eigenvalue weighted by atomic mass is 19.4. The molecule has 0 heterocycles. The largest absolute Gasteiger partial charge is 0.573 e. The summed E-state index contributed by atoms with van der Waals surface area (Å²) in [6.45, 7) is 15.6. The van der Waals surface area contributed by atoms with Gasteiger partial charge in [-0.15, -0.1) is 13.2 Å². The van der Waals surface area contributed by atoms with Gasteiger partial charge >= 0.3 is 12.2 Å². The Balaban J connectivity index is 2.30. The van der Waals surface area contributed by atoms with E-state index in [-0.39, 0.29) is 0 Å². The fourth-order valence-corrected chi connectivity index (χ4v) is 5.94. The molecule has 0 unspecified atom stereocenters. The molecular weight excluding hydrogens is 703 g/mol. The van der Waals surface area contributed by atoms with Crippen molar-refractivity contribution < 1.29 is 61.8 Å². The minimum atomic E-state index is -5.84. The number of allylic oxidation sites excluding steroid dienone is 2. The lowest BCUT2D eigenvalue weighted by molar-refractivity contribution is -0.290. The summed E-state index contributed by atoms with van der Waals surface area (Å²) < 4.78 is 195. The lowest BCUT2D eigenvalue weighted by Crippen LogP contribution is -2.28. The predicted molar refractivity (Wildman–Crippen MR) is 142 cm³/mol. The number of ether oxygens (including phenoxy) is 1. The first-order valence-corrected chi connectivity index (χ1v) is 13.1. The third-order valence-corrected chi connectivity index (χ3v) is 7.89. The van der Waals surface area contributed by atoms with Crippen molar-refractivity contribution in [2.45, 2.75) is 26.1 Å². The van der Waals surface area contributed by atoms with Crippen molar-refractivity contribution in [2.75, 3.05) is 0 Å². The number of fused-ring (bicyclic) bond motifs is 2. The van der Waals surface area contributed by atoms with Gasteiger partial charge in [-0.05, 0) is 40.8 Å². The third kappa shape index (κ3) is 4.91. The Bertz CT molecular complexity index is 2410. The van der Waals surface area contributed by atoms with Crippen LogP contribution in [0.25, 0.3) is 43.3 Å². The van der Waals surface area contributed by atoms with Crippen LogP contribution >= 0.6 is 0 Å². The summed E-state index contributed by atoms with van der Waals surface area (Å²) in [5.74, 6) is -29.0. The number of hydrogen-bond donors (Lipinski definition) is 0. The molecule has 0 fully saturated rings. The first-order valence-electron chi connectivity index (χ1n) is 13.1. The Kier molecular flexibility index (Phi) is 8.41. The van der Waals surface area contributed by atoms with Gasteiger partial charge in [0.25, 0.3) is 0 Å². The average molecular weight is 710 g/mol. The molecule has 0 bridgehead atoms. The molecule has 0 amide bonds. The maximum Gasteiger partial charge on any atom is 0.573 e. The van der Waals surface area contributed by atoms with E-state index in [9.17, 15) is 50.0 Å². The lowest BCUT2D eigenvalue weighted by atomic mass is 9.86. The number of hydrogen-bond acceptors (Lipinski definition) is 3. The molecule has 0 atom stereocenters. The summed E-state index contributed by atoms with van der Waals surface area (Å²) in [6, 6.07) is 2.40. The van der Waals surface area contributed by atoms with Gasteiger partial charge in [0.05, 0.1) is 16.7 Å². The van der Waals surface area contributed by atoms with Crippen LogP contribution in [-0.2, 0) is 17.6 Å². The van der Waals surface area contributed by atoms with Crippen LogP contribution in [0.2, 0.25) is 0 Å². The zero-order chi connectivity index (χ0) is 37.3. The molecule has 50 heavy (non-hydrogen) atoms. The zero-order valence-corrected chi connectivity index (χ0v) is 24.0. The molecule has 5 nitrogen and oxygen atoms in total. The molecule has 18 heteroatoms. The van der Waals surface area contributed by atoms with E-state index in [1.54, 1.807) is 0 Å². The molecule has 2 aliphatic carbocycles. The van der Waals surface area contributed by atoms with E-state index in [1.807, 2.05) is 0 Å². The summed E-state index contributed by atoms with van der Waals surface area (Å²) in [4.78, 5) is 5.87. The zero-order valence-electron chi connectivity index (χ0n) is 24.0. The van der Waals surface area contributed by atoms with Crippen molar-refractivity contribution in [3.8, 4) is 34.4 Å². The van der Waals surface area contributed by atoms with E-state index in [1.165, 1.54) is 12.1 Å². The van der Waals surface area contributed by atoms with Crippen molar-refractivity contribution in [3.05, 3.63) is 125 Å². The summed E-state index contributed by atoms with van der Waals surface area (Å²) in [6.07, 6.45) is -8.20. The van der Waals surface area contributed by atoms with E-state index in [2.05, 4.69) is 14.4 Å². The molecule has 0 saturated carbocycles. The van der Waals surface area contributed by atoms with E-state index in [0.717, 1.165) is 6.92 Å². The normalized spacial score (nSPS) is 13.4. The quantitative estimate of drug-likeness (QED) is 0.0920. The van der Waals surface area contributed by atoms with Gasteiger partial charge in [0.15, 0.2) is 46.5 Å². The van der Waals surface area contributed by atoms with Gasteiger partial charge in [0.1, 0.15) is 36.6 Å². The number of benzene rings is 3. The molecular formula is C32H7F13N4O. The number of nitrogens with zero attached hydrogens (tertiary/aromatic N) is 4. The minimum absolute atomic E-state index is 0.467. The summed E-state index contributed by atoms with van der Waals surface area (Å²) in [5.41, 5.74) is -11.8. The van der Waals surface area contributed by atoms with Crippen LogP contribution in [0.3, 0.4) is 0 Å². The molecule has 252 valence electrons. The maximum atomic E-state index is 15.6. The Labute approximate surface area is 269 Å². The fourth-order valence-electron chi connectivity index (χ4n) is 5.94. The highest BCUT2D eigenvalue weighted by Crippen LogP contribution is 2.44. The SMILES string of the molecule is [C-]#[N+]C([N+]#[C-])=C1Cc2c(-c3c(F)c(F)c(F)c(F)c3F)c3c(c(-c4c(F)c(F)c(F)c(F)c4F)c2=C1C)CC(=C(C#N)C#N)C=3OC(F)(F)F. The molecule has 3 aromatic rings. The average Bonchev–Trinajstić information content (AvgIpc) is 3.59. The summed E-state index contributed by atoms with van der Waals surface area (Å²) in [7, 11) is 0. The monoisotopic (exact) mass is 710 g/mol. The molecule has 0 aromatic heterocycles. The van der Waals surface area contributed by atoms with Crippen molar-refractivity contribution in [2.24, 2.45) is 0 Å². The maximum absolute atomic E-state index is 15.6. The second-order valence-electron chi connectivity index (χ2n) is 10.3. The fraction of sp³-hybridized carbons (Fsp3) is 0.125. The van der Waals surface area contributed by atoms with Crippen molar-refractivity contribution in [1.82, 2.24) is 0 Å². The van der Waals surface area contributed by atoms with Gasteiger partial charge in [0, 0.05) is 22.8 Å². The smallest absolute Gasteiger partial charge is 0.405 e. The van der Waals surface area contributed by atoms with Gasteiger partial charge in [0.2, 0.25) is 11.6 Å². The molecule has 5 rings (SSSR count). The van der Waals surface area contributed by atoms with E-state index < -0.39 is 155 Å². The minimum Gasteiger partial charge on any atom is -0.405 e. The number of halogens is 13. The van der Waals surface area contributed by atoms with Crippen molar-refractivity contribution >= 4 is 11.3 Å². The molecule has 3 aromatic carbocycles. The molecule has 0 saturated heterocycles. The highest BCUT2D eigenvalue weighted by molar-refractivity contribution is 5.91. The number of rotatable bonds is 3. The lowest BCUT2D eigenvalue weighted by Gasteiger charge is -2.19. The van der Waals surface area contributed by atoms with E-state index in [4.69, 9.17) is 13.1 Å². The molecule has 0 spiro atoms. The van der Waals surface area contributed by atoms with Crippen LogP contribution < -0.4 is 10.4 Å². The first-order chi connectivity index (χ1) is 23.4. The molecule has 0 aliphatic heterocycles. The summed E-state index contributed by atoms with van der Waals surface area (Å²) in [5, 5.41) is 16.8. The van der Waals surface area contributed by atoms with Crippen LogP contribution in [-0.4, -0.2) is 6.36 Å². The van der Waals surface area contributed by atoms with Gasteiger partial charge in [-0.3, -0.25) is 0 Å². The van der Waals surface area contributed by atoms with Crippen LogP contribution in [0, 0.1) is 94.0 Å². The Hall–Kier alpha value is -6.27. The molecule has 2 aliphatic rings. The molecule has 0 N–H and O–H groups in total. The van der Waals surface area contributed by atoms with Gasteiger partial charge in [-0.1, -0.05) is 0 Å². The second kappa shape index (κ2) is 12.0. The van der Waals surface area contributed by atoms with Crippen molar-refractivity contribution in [3.63, 3.8) is 0 Å². The van der Waals surface area contributed by atoms with Crippen molar-refractivity contribution in [1.29, 1.82) is 10.5 Å². The Morgan fingerprint density at radius 1 is 0.600 bits per heavy atom. The molecule has 0 radical (unpaired) electrons. The highest BCUT2D eigenvalue weighted by Gasteiger charge is 2.43. The van der Waals surface area contributed by atoms with Gasteiger partial charge < -0.3 is 4.74 Å². The van der Waals surface area contributed by atoms with E-state index in [0.29, 0.717) is 0 Å². The third-order valence-electron chi connectivity index (χ3n) is 7.89. The second-order valence-corrected chi connectivity index (χ2v) is 10.3. The summed E-state index contributed by atoms with van der Waals surface area (Å²) >= 11 is 0. The van der Waals surface area contributed by atoms with Crippen LogP contribution in [0.5, 0.6) is 0 Å². The first kappa shape index (κ1) is 35.0. The standard InChI is InChI=1S/C32H7F13N4O/c1-8-10(31(48-2)49-3)4-12-14(8)15(18-20(33)24(37)28(41)25(38)21(18)34)13-5-11(9(6-46)7-47)30(50-32(43,44)45)17(13)16(12)19-22(35)26(39)29(42)27(40)23(19)36/h4-5H2,1H3. The van der Waals surface area contributed by atoms with E-state index >= 15 is 17.6 Å². The van der Waals surface area contributed by atoms with Crippen LogP contribution in [0.4, 0.5) is 57.1 Å². The topological polar surface area (TPSA) is 65.5 Å². The van der Waals surface area contributed by atoms with Crippen LogP contribution in [0.1, 0.15) is 18.1 Å². The predicted octanol–water partition coefficient (Wildman–Crippen LogP) is 7.73. The van der Waals surface area contributed by atoms with Gasteiger partial charge in [-0.25, -0.2) is 43.9 Å². The van der Waals surface area contributed by atoms with Crippen LogP contribution in [0.15, 0.2) is 22.5 Å². The number of alkyl halides is 3. The van der Waals surface area contributed by atoms with Gasteiger partial charge in [-0.2, -0.15) is 20.2 Å². The number of nitriles is 2. The Morgan fingerprint density at radius 3 is 1.34 bits per heavy atom. The Morgan fingerprint density at radius 2 is 0.960 bits per heavy atom.